The third-order valence-corrected chi connectivity index (χ3v) is 8.13. The van der Waals surface area contributed by atoms with Crippen molar-refractivity contribution in [1.29, 1.82) is 0 Å². The van der Waals surface area contributed by atoms with Crippen LogP contribution >= 0.6 is 38.9 Å². The number of sulfonamides is 1. The molecule has 3 rings (SSSR count). The summed E-state index contributed by atoms with van der Waals surface area (Å²) in [5.74, 6) is 0.922. The molecule has 0 bridgehead atoms. The van der Waals surface area contributed by atoms with E-state index in [0.29, 0.717) is 27.0 Å². The molecule has 3 nitrogen and oxygen atoms in total. The van der Waals surface area contributed by atoms with Crippen molar-refractivity contribution in [3.05, 3.63) is 14.7 Å². The monoisotopic (exact) mass is 383 g/mol. The van der Waals surface area contributed by atoms with Crippen LogP contribution in [0.4, 0.5) is 0 Å². The minimum Gasteiger partial charge on any atom is -0.207 e. The average molecular weight is 385 g/mol. The molecule has 0 saturated heterocycles. The first kappa shape index (κ1) is 14.3. The van der Waals surface area contributed by atoms with E-state index < -0.39 is 10.0 Å². The molecule has 2 aliphatic carbocycles. The quantitative estimate of drug-likeness (QED) is 0.699. The fourth-order valence-corrected chi connectivity index (χ4v) is 6.61. The summed E-state index contributed by atoms with van der Waals surface area (Å²) < 4.78 is 28.0. The molecule has 0 atom stereocenters. The van der Waals surface area contributed by atoms with E-state index in [-0.39, 0.29) is 6.04 Å². The van der Waals surface area contributed by atoms with Gasteiger partial charge in [0.15, 0.2) is 0 Å². The van der Waals surface area contributed by atoms with Gasteiger partial charge in [-0.15, -0.1) is 22.9 Å². The fraction of sp³-hybridized carbons (Fsp3) is 0.667. The zero-order valence-electron chi connectivity index (χ0n) is 10.3. The van der Waals surface area contributed by atoms with Crippen LogP contribution in [0.25, 0.3) is 0 Å². The number of thiophene rings is 1. The van der Waals surface area contributed by atoms with Gasteiger partial charge in [0.25, 0.3) is 0 Å². The highest BCUT2D eigenvalue weighted by molar-refractivity contribution is 9.11. The van der Waals surface area contributed by atoms with Crippen molar-refractivity contribution >= 4 is 48.9 Å². The number of hydrogen-bond acceptors (Lipinski definition) is 3. The SMILES string of the molecule is O=S(=O)(c1cc(CCl)sc1Br)N(CC1CC1)C1CC1. The Hall–Kier alpha value is 0.380. The molecule has 0 amide bonds. The molecular weight excluding hydrogens is 370 g/mol. The Kier molecular flexibility index (Phi) is 3.99. The number of halogens is 2. The van der Waals surface area contributed by atoms with E-state index in [9.17, 15) is 8.42 Å². The van der Waals surface area contributed by atoms with Gasteiger partial charge in [-0.25, -0.2) is 8.42 Å². The Morgan fingerprint density at radius 2 is 2.05 bits per heavy atom. The van der Waals surface area contributed by atoms with Crippen LogP contribution in [0, 0.1) is 5.92 Å². The second-order valence-corrected chi connectivity index (χ2v) is 9.81. The summed E-state index contributed by atoms with van der Waals surface area (Å²) in [6.07, 6.45) is 4.32. The summed E-state index contributed by atoms with van der Waals surface area (Å²) >= 11 is 10.6. The van der Waals surface area contributed by atoms with E-state index in [1.165, 1.54) is 11.3 Å². The van der Waals surface area contributed by atoms with Crippen LogP contribution in [0.5, 0.6) is 0 Å². The number of rotatable bonds is 6. The van der Waals surface area contributed by atoms with Gasteiger partial charge in [0.1, 0.15) is 4.90 Å². The van der Waals surface area contributed by atoms with E-state index in [1.54, 1.807) is 10.4 Å². The van der Waals surface area contributed by atoms with Crippen molar-refractivity contribution in [2.45, 2.75) is 42.5 Å². The van der Waals surface area contributed by atoms with E-state index >= 15 is 0 Å². The molecule has 0 aromatic carbocycles. The molecule has 1 heterocycles. The van der Waals surface area contributed by atoms with Crippen molar-refractivity contribution in [2.75, 3.05) is 6.54 Å². The standard InChI is InChI=1S/C12H15BrClNO2S2/c13-12-11(5-10(6-14)18-12)19(16,17)15(9-3-4-9)7-8-1-2-8/h5,8-9H,1-4,6-7H2. The first-order valence-electron chi connectivity index (χ1n) is 6.38. The van der Waals surface area contributed by atoms with Crippen LogP contribution in [-0.2, 0) is 15.9 Å². The van der Waals surface area contributed by atoms with Gasteiger partial charge in [-0.3, -0.25) is 0 Å². The Balaban J connectivity index is 1.91. The largest absolute Gasteiger partial charge is 0.245 e. The van der Waals surface area contributed by atoms with Crippen molar-refractivity contribution in [1.82, 2.24) is 4.31 Å². The van der Waals surface area contributed by atoms with E-state index in [4.69, 9.17) is 11.6 Å². The van der Waals surface area contributed by atoms with Gasteiger partial charge in [-0.05, 0) is 53.6 Å². The minimum absolute atomic E-state index is 0.219. The second kappa shape index (κ2) is 5.30. The lowest BCUT2D eigenvalue weighted by Crippen LogP contribution is -2.34. The van der Waals surface area contributed by atoms with E-state index in [1.807, 2.05) is 0 Å². The molecular formula is C12H15BrClNO2S2. The Bertz CT molecular complexity index is 579. The molecule has 0 N–H and O–H groups in total. The maximum absolute atomic E-state index is 12.8. The molecule has 1 aromatic heterocycles. The highest BCUT2D eigenvalue weighted by Crippen LogP contribution is 2.41. The number of nitrogens with zero attached hydrogens (tertiary/aromatic N) is 1. The molecule has 0 radical (unpaired) electrons. The van der Waals surface area contributed by atoms with Crippen LogP contribution in [-0.4, -0.2) is 25.3 Å². The van der Waals surface area contributed by atoms with Crippen LogP contribution in [0.1, 0.15) is 30.6 Å². The number of alkyl halides is 1. The zero-order valence-corrected chi connectivity index (χ0v) is 14.3. The summed E-state index contributed by atoms with van der Waals surface area (Å²) in [4.78, 5) is 1.27. The normalized spacial score (nSPS) is 20.2. The average Bonchev–Trinajstić information content (AvgIpc) is 3.24. The van der Waals surface area contributed by atoms with Crippen LogP contribution in [0.2, 0.25) is 0 Å². The third kappa shape index (κ3) is 3.02. The lowest BCUT2D eigenvalue weighted by molar-refractivity contribution is 0.388. The molecule has 2 saturated carbocycles. The van der Waals surface area contributed by atoms with Crippen molar-refractivity contribution in [2.24, 2.45) is 5.92 Å². The predicted octanol–water partition coefficient (Wildman–Crippen LogP) is 3.81. The predicted molar refractivity (Wildman–Crippen MR) is 81.2 cm³/mol. The molecule has 19 heavy (non-hydrogen) atoms. The van der Waals surface area contributed by atoms with E-state index in [0.717, 1.165) is 30.6 Å². The van der Waals surface area contributed by atoms with Crippen LogP contribution in [0.15, 0.2) is 14.7 Å². The second-order valence-electron chi connectivity index (χ2n) is 5.23. The van der Waals surface area contributed by atoms with Crippen molar-refractivity contribution < 1.29 is 8.42 Å². The zero-order chi connectivity index (χ0) is 13.6. The van der Waals surface area contributed by atoms with Gasteiger partial charge in [0.05, 0.1) is 9.67 Å². The summed E-state index contributed by atoms with van der Waals surface area (Å²) in [5.41, 5.74) is 0. The van der Waals surface area contributed by atoms with Gasteiger partial charge in [0, 0.05) is 17.5 Å². The van der Waals surface area contributed by atoms with Crippen molar-refractivity contribution in [3.8, 4) is 0 Å². The molecule has 1 aromatic rings. The fourth-order valence-electron chi connectivity index (χ4n) is 2.13. The van der Waals surface area contributed by atoms with E-state index in [2.05, 4.69) is 15.9 Å². The highest BCUT2D eigenvalue weighted by atomic mass is 79.9. The Morgan fingerprint density at radius 3 is 2.53 bits per heavy atom. The molecule has 2 aliphatic rings. The molecule has 2 fully saturated rings. The molecule has 106 valence electrons. The summed E-state index contributed by atoms with van der Waals surface area (Å²) in [6, 6.07) is 1.93. The van der Waals surface area contributed by atoms with Crippen LogP contribution < -0.4 is 0 Å². The first-order chi connectivity index (χ1) is 9.02. The van der Waals surface area contributed by atoms with Gasteiger partial charge >= 0.3 is 0 Å². The Labute approximate surface area is 131 Å². The lowest BCUT2D eigenvalue weighted by atomic mass is 10.4. The summed E-state index contributed by atoms with van der Waals surface area (Å²) in [7, 11) is -3.37. The third-order valence-electron chi connectivity index (χ3n) is 3.51. The smallest absolute Gasteiger partial charge is 0.207 e. The van der Waals surface area contributed by atoms with Gasteiger partial charge < -0.3 is 0 Å². The topological polar surface area (TPSA) is 37.4 Å². The lowest BCUT2D eigenvalue weighted by Gasteiger charge is -2.21. The van der Waals surface area contributed by atoms with Gasteiger partial charge in [-0.2, -0.15) is 4.31 Å². The summed E-state index contributed by atoms with van der Waals surface area (Å²) in [6.45, 7) is 0.686. The minimum atomic E-state index is -3.37. The molecule has 0 unspecified atom stereocenters. The number of hydrogen-bond donors (Lipinski definition) is 0. The van der Waals surface area contributed by atoms with Crippen LogP contribution in [0.3, 0.4) is 0 Å². The summed E-state index contributed by atoms with van der Waals surface area (Å²) in [5, 5.41) is 0. The Morgan fingerprint density at radius 1 is 1.37 bits per heavy atom. The van der Waals surface area contributed by atoms with Gasteiger partial charge in [0.2, 0.25) is 10.0 Å². The van der Waals surface area contributed by atoms with Gasteiger partial charge in [-0.1, -0.05) is 0 Å². The van der Waals surface area contributed by atoms with Crippen molar-refractivity contribution in [3.63, 3.8) is 0 Å². The maximum Gasteiger partial charge on any atom is 0.245 e. The first-order valence-corrected chi connectivity index (χ1v) is 9.97. The molecule has 7 heteroatoms. The molecule has 0 spiro atoms. The molecule has 0 aliphatic heterocycles. The highest BCUT2D eigenvalue weighted by Gasteiger charge is 2.42. The maximum atomic E-state index is 12.8.